The summed E-state index contributed by atoms with van der Waals surface area (Å²) < 4.78 is 0. The van der Waals surface area contributed by atoms with Crippen LogP contribution >= 0.6 is 0 Å². The highest BCUT2D eigenvalue weighted by molar-refractivity contribution is 5.14. The molecule has 1 aliphatic carbocycles. The van der Waals surface area contributed by atoms with Gasteiger partial charge in [-0.2, -0.15) is 0 Å². The van der Waals surface area contributed by atoms with Crippen LogP contribution in [0.15, 0.2) is 6.07 Å². The van der Waals surface area contributed by atoms with Crippen LogP contribution in [-0.4, -0.2) is 16.0 Å². The van der Waals surface area contributed by atoms with Crippen molar-refractivity contribution in [3.8, 4) is 0 Å². The predicted octanol–water partition coefficient (Wildman–Crippen LogP) is 2.33. The normalized spacial score (nSPS) is 16.5. The standard InChI is InChI=1S/C13H21N3/c1-9-7-11(8-14-10-5-6-10)16-12(15-9)13(2,3)4/h7,10,14H,5-6,8H2,1-4H3. The molecule has 0 saturated heterocycles. The molecule has 16 heavy (non-hydrogen) atoms. The smallest absolute Gasteiger partial charge is 0.134 e. The first-order chi connectivity index (χ1) is 7.45. The van der Waals surface area contributed by atoms with Crippen LogP contribution in [0.4, 0.5) is 0 Å². The van der Waals surface area contributed by atoms with E-state index < -0.39 is 0 Å². The third-order valence-electron chi connectivity index (χ3n) is 2.73. The average Bonchev–Trinajstić information content (AvgIpc) is 2.96. The van der Waals surface area contributed by atoms with Crippen LogP contribution in [0.1, 0.15) is 50.8 Å². The molecule has 3 heteroatoms. The van der Waals surface area contributed by atoms with Gasteiger partial charge in [-0.1, -0.05) is 20.8 Å². The minimum Gasteiger partial charge on any atom is -0.308 e. The predicted molar refractivity (Wildman–Crippen MR) is 65.3 cm³/mol. The summed E-state index contributed by atoms with van der Waals surface area (Å²) in [5, 5.41) is 3.49. The van der Waals surface area contributed by atoms with Crippen molar-refractivity contribution >= 4 is 0 Å². The molecule has 0 aliphatic heterocycles. The Hall–Kier alpha value is -0.960. The molecule has 1 N–H and O–H groups in total. The van der Waals surface area contributed by atoms with E-state index in [0.717, 1.165) is 29.8 Å². The van der Waals surface area contributed by atoms with E-state index in [1.165, 1.54) is 12.8 Å². The second-order valence-corrected chi connectivity index (χ2v) is 5.73. The number of aromatic nitrogens is 2. The molecular weight excluding hydrogens is 198 g/mol. The minimum atomic E-state index is 0.0281. The number of hydrogen-bond acceptors (Lipinski definition) is 3. The number of aryl methyl sites for hydroxylation is 1. The van der Waals surface area contributed by atoms with Gasteiger partial charge in [0, 0.05) is 23.7 Å². The van der Waals surface area contributed by atoms with Crippen LogP contribution in [0, 0.1) is 6.92 Å². The molecule has 1 heterocycles. The zero-order valence-electron chi connectivity index (χ0n) is 10.7. The summed E-state index contributed by atoms with van der Waals surface area (Å²) in [4.78, 5) is 9.14. The van der Waals surface area contributed by atoms with E-state index in [2.05, 4.69) is 42.1 Å². The first kappa shape index (κ1) is 11.5. The van der Waals surface area contributed by atoms with Crippen molar-refractivity contribution in [2.45, 2.75) is 58.5 Å². The molecule has 1 saturated carbocycles. The van der Waals surface area contributed by atoms with Crippen LogP contribution < -0.4 is 5.32 Å². The molecule has 1 aromatic rings. The molecule has 0 unspecified atom stereocenters. The van der Waals surface area contributed by atoms with E-state index in [0.29, 0.717) is 0 Å². The van der Waals surface area contributed by atoms with Crippen LogP contribution in [0.3, 0.4) is 0 Å². The van der Waals surface area contributed by atoms with E-state index in [-0.39, 0.29) is 5.41 Å². The zero-order valence-corrected chi connectivity index (χ0v) is 10.7. The molecule has 0 radical (unpaired) electrons. The Balaban J connectivity index is 2.14. The van der Waals surface area contributed by atoms with Crippen LogP contribution in [-0.2, 0) is 12.0 Å². The summed E-state index contributed by atoms with van der Waals surface area (Å²) in [5.74, 6) is 0.945. The molecule has 3 nitrogen and oxygen atoms in total. The van der Waals surface area contributed by atoms with Crippen molar-refractivity contribution in [3.63, 3.8) is 0 Å². The van der Waals surface area contributed by atoms with Gasteiger partial charge in [0.25, 0.3) is 0 Å². The lowest BCUT2D eigenvalue weighted by Gasteiger charge is -2.18. The zero-order chi connectivity index (χ0) is 11.8. The van der Waals surface area contributed by atoms with Gasteiger partial charge in [-0.3, -0.25) is 0 Å². The Morgan fingerprint density at radius 2 is 2.00 bits per heavy atom. The molecule has 0 atom stereocenters. The Bertz CT molecular complexity index is 375. The van der Waals surface area contributed by atoms with Crippen LogP contribution in [0.2, 0.25) is 0 Å². The largest absolute Gasteiger partial charge is 0.308 e. The highest BCUT2D eigenvalue weighted by Gasteiger charge is 2.21. The molecule has 1 aliphatic rings. The van der Waals surface area contributed by atoms with E-state index in [1.54, 1.807) is 0 Å². The number of nitrogens with one attached hydrogen (secondary N) is 1. The van der Waals surface area contributed by atoms with Crippen LogP contribution in [0.25, 0.3) is 0 Å². The third kappa shape index (κ3) is 3.01. The number of hydrogen-bond donors (Lipinski definition) is 1. The first-order valence-electron chi connectivity index (χ1n) is 6.03. The lowest BCUT2D eigenvalue weighted by atomic mass is 9.95. The van der Waals surface area contributed by atoms with Crippen molar-refractivity contribution in [2.75, 3.05) is 0 Å². The second-order valence-electron chi connectivity index (χ2n) is 5.73. The summed E-state index contributed by atoms with van der Waals surface area (Å²) in [7, 11) is 0. The van der Waals surface area contributed by atoms with Gasteiger partial charge in [-0.25, -0.2) is 9.97 Å². The van der Waals surface area contributed by atoms with Gasteiger partial charge < -0.3 is 5.32 Å². The van der Waals surface area contributed by atoms with Gasteiger partial charge in [-0.05, 0) is 25.8 Å². The van der Waals surface area contributed by atoms with E-state index in [1.807, 2.05) is 6.92 Å². The fourth-order valence-corrected chi connectivity index (χ4v) is 1.60. The molecule has 1 aromatic heterocycles. The molecule has 0 aromatic carbocycles. The summed E-state index contributed by atoms with van der Waals surface area (Å²) in [6.07, 6.45) is 2.63. The Morgan fingerprint density at radius 1 is 1.31 bits per heavy atom. The summed E-state index contributed by atoms with van der Waals surface area (Å²) in [5.41, 5.74) is 2.21. The molecule has 1 fully saturated rings. The van der Waals surface area contributed by atoms with Crippen molar-refractivity contribution in [1.82, 2.24) is 15.3 Å². The lowest BCUT2D eigenvalue weighted by molar-refractivity contribution is 0.535. The average molecular weight is 219 g/mol. The number of nitrogens with zero attached hydrogens (tertiary/aromatic N) is 2. The van der Waals surface area contributed by atoms with Gasteiger partial charge in [0.05, 0.1) is 5.69 Å². The van der Waals surface area contributed by atoms with Crippen molar-refractivity contribution in [1.29, 1.82) is 0 Å². The van der Waals surface area contributed by atoms with E-state index in [4.69, 9.17) is 0 Å². The van der Waals surface area contributed by atoms with Gasteiger partial charge in [0.2, 0.25) is 0 Å². The Kier molecular flexibility index (Phi) is 2.98. The number of rotatable bonds is 3. The molecule has 0 spiro atoms. The summed E-state index contributed by atoms with van der Waals surface area (Å²) in [6, 6.07) is 2.80. The van der Waals surface area contributed by atoms with E-state index >= 15 is 0 Å². The Morgan fingerprint density at radius 3 is 2.56 bits per heavy atom. The van der Waals surface area contributed by atoms with Crippen molar-refractivity contribution < 1.29 is 0 Å². The maximum absolute atomic E-state index is 4.63. The van der Waals surface area contributed by atoms with Crippen molar-refractivity contribution in [3.05, 3.63) is 23.3 Å². The van der Waals surface area contributed by atoms with E-state index in [9.17, 15) is 0 Å². The fraction of sp³-hybridized carbons (Fsp3) is 0.692. The third-order valence-corrected chi connectivity index (χ3v) is 2.73. The first-order valence-corrected chi connectivity index (χ1v) is 6.03. The second kappa shape index (κ2) is 4.13. The highest BCUT2D eigenvalue weighted by Crippen LogP contribution is 2.21. The van der Waals surface area contributed by atoms with Crippen molar-refractivity contribution in [2.24, 2.45) is 0 Å². The maximum Gasteiger partial charge on any atom is 0.134 e. The molecule has 0 bridgehead atoms. The fourth-order valence-electron chi connectivity index (χ4n) is 1.60. The van der Waals surface area contributed by atoms with Gasteiger partial charge in [0.1, 0.15) is 5.82 Å². The van der Waals surface area contributed by atoms with Gasteiger partial charge in [0.15, 0.2) is 0 Å². The minimum absolute atomic E-state index is 0.0281. The maximum atomic E-state index is 4.63. The molecule has 2 rings (SSSR count). The lowest BCUT2D eigenvalue weighted by Crippen LogP contribution is -2.21. The summed E-state index contributed by atoms with van der Waals surface area (Å²) in [6.45, 7) is 9.37. The monoisotopic (exact) mass is 219 g/mol. The highest BCUT2D eigenvalue weighted by atomic mass is 15.0. The summed E-state index contributed by atoms with van der Waals surface area (Å²) >= 11 is 0. The topological polar surface area (TPSA) is 37.8 Å². The molecule has 88 valence electrons. The quantitative estimate of drug-likeness (QED) is 0.848. The van der Waals surface area contributed by atoms with Crippen LogP contribution in [0.5, 0.6) is 0 Å². The van der Waals surface area contributed by atoms with Gasteiger partial charge in [-0.15, -0.1) is 0 Å². The molecular formula is C13H21N3. The van der Waals surface area contributed by atoms with Gasteiger partial charge >= 0.3 is 0 Å². The molecule has 0 amide bonds. The Labute approximate surface area is 97.7 Å². The SMILES string of the molecule is Cc1cc(CNC2CC2)nc(C(C)(C)C)n1.